The fourth-order valence-electron chi connectivity index (χ4n) is 3.20. The van der Waals surface area contributed by atoms with Gasteiger partial charge in [0.2, 0.25) is 0 Å². The molecule has 4 heteroatoms. The zero-order valence-corrected chi connectivity index (χ0v) is 10.8. The van der Waals surface area contributed by atoms with Crippen molar-refractivity contribution in [2.45, 2.75) is 51.2 Å². The molecular weight excluding hydrogens is 218 g/mol. The Morgan fingerprint density at radius 3 is 2.88 bits per heavy atom. The van der Waals surface area contributed by atoms with Gasteiger partial charge in [-0.05, 0) is 39.0 Å². The number of likely N-dealkylation sites (tertiary alicyclic amines) is 1. The molecule has 2 aliphatic rings. The lowest BCUT2D eigenvalue weighted by Crippen LogP contribution is -2.42. The molecule has 2 heterocycles. The van der Waals surface area contributed by atoms with Gasteiger partial charge in [-0.15, -0.1) is 0 Å². The van der Waals surface area contributed by atoms with Crippen LogP contribution in [0.2, 0.25) is 0 Å². The van der Waals surface area contributed by atoms with Crippen LogP contribution in [0.4, 0.5) is 0 Å². The number of carbonyl (C=O) groups is 1. The lowest BCUT2D eigenvalue weighted by molar-refractivity contribution is -0.138. The molecule has 17 heavy (non-hydrogen) atoms. The van der Waals surface area contributed by atoms with Crippen LogP contribution in [-0.2, 0) is 9.53 Å². The number of ether oxygens (including phenoxy) is 1. The third-order valence-corrected chi connectivity index (χ3v) is 4.03. The van der Waals surface area contributed by atoms with Gasteiger partial charge in [0.05, 0.1) is 6.10 Å². The van der Waals surface area contributed by atoms with Crippen LogP contribution in [0.25, 0.3) is 0 Å². The number of hydrogen-bond acceptors (Lipinski definition) is 3. The molecule has 2 atom stereocenters. The fraction of sp³-hybridized carbons (Fsp3) is 0.923. The summed E-state index contributed by atoms with van der Waals surface area (Å²) in [6.07, 6.45) is 3.95. The molecule has 0 aliphatic carbocycles. The van der Waals surface area contributed by atoms with E-state index >= 15 is 0 Å². The molecule has 0 aromatic carbocycles. The molecule has 0 saturated carbocycles. The average Bonchev–Trinajstić information content (AvgIpc) is 2.75. The maximum absolute atomic E-state index is 10.8. The summed E-state index contributed by atoms with van der Waals surface area (Å²) >= 11 is 0. The highest BCUT2D eigenvalue weighted by molar-refractivity contribution is 5.67. The highest BCUT2D eigenvalue weighted by Gasteiger charge is 2.40. The Morgan fingerprint density at radius 1 is 1.53 bits per heavy atom. The van der Waals surface area contributed by atoms with E-state index in [2.05, 4.69) is 18.7 Å². The molecule has 0 aromatic rings. The van der Waals surface area contributed by atoms with Gasteiger partial charge in [-0.2, -0.15) is 0 Å². The highest BCUT2D eigenvalue weighted by atomic mass is 16.5. The Labute approximate surface area is 103 Å². The predicted molar refractivity (Wildman–Crippen MR) is 65.0 cm³/mol. The van der Waals surface area contributed by atoms with Gasteiger partial charge in [0.25, 0.3) is 0 Å². The Morgan fingerprint density at radius 2 is 2.29 bits per heavy atom. The number of aliphatic carboxylic acids is 1. The van der Waals surface area contributed by atoms with E-state index in [0.717, 1.165) is 39.0 Å². The Balaban J connectivity index is 1.90. The van der Waals surface area contributed by atoms with E-state index in [1.807, 2.05) is 0 Å². The summed E-state index contributed by atoms with van der Waals surface area (Å²) in [7, 11) is 0. The van der Waals surface area contributed by atoms with E-state index in [-0.39, 0.29) is 5.54 Å². The van der Waals surface area contributed by atoms with Crippen LogP contribution in [0.15, 0.2) is 0 Å². The van der Waals surface area contributed by atoms with Gasteiger partial charge < -0.3 is 9.84 Å². The molecule has 0 bridgehead atoms. The third-order valence-electron chi connectivity index (χ3n) is 4.03. The smallest absolute Gasteiger partial charge is 0.303 e. The maximum atomic E-state index is 10.8. The standard InChI is InChI=1S/C13H23NO3/c1-13(2)7-10(6-12(15)16)8-14(13)9-11-4-3-5-17-11/h10-11H,3-9H2,1-2H3,(H,15,16). The van der Waals surface area contributed by atoms with E-state index in [0.29, 0.717) is 18.4 Å². The molecule has 98 valence electrons. The zero-order chi connectivity index (χ0) is 12.5. The van der Waals surface area contributed by atoms with Crippen LogP contribution >= 0.6 is 0 Å². The number of hydrogen-bond donors (Lipinski definition) is 1. The van der Waals surface area contributed by atoms with Crippen molar-refractivity contribution in [2.24, 2.45) is 5.92 Å². The topological polar surface area (TPSA) is 49.8 Å². The van der Waals surface area contributed by atoms with Gasteiger partial charge in [-0.1, -0.05) is 0 Å². The molecule has 0 spiro atoms. The minimum atomic E-state index is -0.676. The van der Waals surface area contributed by atoms with Crippen LogP contribution in [0.5, 0.6) is 0 Å². The summed E-state index contributed by atoms with van der Waals surface area (Å²) in [5.41, 5.74) is 0.117. The van der Waals surface area contributed by atoms with Crippen molar-refractivity contribution in [1.29, 1.82) is 0 Å². The van der Waals surface area contributed by atoms with Crippen molar-refractivity contribution in [3.63, 3.8) is 0 Å². The molecule has 2 rings (SSSR count). The number of carboxylic acids is 1. The summed E-state index contributed by atoms with van der Waals surface area (Å²) in [5, 5.41) is 8.87. The molecule has 0 amide bonds. The van der Waals surface area contributed by atoms with E-state index in [9.17, 15) is 4.79 Å². The molecule has 2 saturated heterocycles. The second-order valence-corrected chi connectivity index (χ2v) is 6.02. The largest absolute Gasteiger partial charge is 0.481 e. The van der Waals surface area contributed by atoms with E-state index in [1.165, 1.54) is 0 Å². The number of nitrogens with zero attached hydrogens (tertiary/aromatic N) is 1. The van der Waals surface area contributed by atoms with Gasteiger partial charge in [0.15, 0.2) is 0 Å². The van der Waals surface area contributed by atoms with Gasteiger partial charge in [0, 0.05) is 31.7 Å². The Hall–Kier alpha value is -0.610. The first-order valence-corrected chi connectivity index (χ1v) is 6.56. The van der Waals surface area contributed by atoms with Crippen molar-refractivity contribution in [1.82, 2.24) is 4.90 Å². The lowest BCUT2D eigenvalue weighted by atomic mass is 9.94. The molecule has 0 radical (unpaired) electrons. The molecule has 4 nitrogen and oxygen atoms in total. The minimum absolute atomic E-state index is 0.117. The summed E-state index contributed by atoms with van der Waals surface area (Å²) < 4.78 is 5.67. The van der Waals surface area contributed by atoms with Crippen LogP contribution in [-0.4, -0.2) is 47.3 Å². The normalized spacial score (nSPS) is 33.1. The van der Waals surface area contributed by atoms with Gasteiger partial charge in [-0.25, -0.2) is 0 Å². The third kappa shape index (κ3) is 3.19. The quantitative estimate of drug-likeness (QED) is 0.814. The summed E-state index contributed by atoms with van der Waals surface area (Å²) in [6, 6.07) is 0. The first kappa shape index (κ1) is 12.8. The molecule has 2 unspecified atom stereocenters. The van der Waals surface area contributed by atoms with E-state index in [4.69, 9.17) is 9.84 Å². The highest BCUT2D eigenvalue weighted by Crippen LogP contribution is 2.35. The molecular formula is C13H23NO3. The van der Waals surface area contributed by atoms with Crippen molar-refractivity contribution >= 4 is 5.97 Å². The molecule has 0 aromatic heterocycles. The molecule has 2 fully saturated rings. The first-order valence-electron chi connectivity index (χ1n) is 6.56. The van der Waals surface area contributed by atoms with Gasteiger partial charge in [0.1, 0.15) is 0 Å². The Kier molecular flexibility index (Phi) is 3.73. The van der Waals surface area contributed by atoms with Crippen LogP contribution < -0.4 is 0 Å². The van der Waals surface area contributed by atoms with Crippen molar-refractivity contribution in [3.8, 4) is 0 Å². The number of rotatable bonds is 4. The fourth-order valence-corrected chi connectivity index (χ4v) is 3.20. The lowest BCUT2D eigenvalue weighted by Gasteiger charge is -2.33. The van der Waals surface area contributed by atoms with Crippen LogP contribution in [0, 0.1) is 5.92 Å². The van der Waals surface area contributed by atoms with Crippen molar-refractivity contribution < 1.29 is 14.6 Å². The van der Waals surface area contributed by atoms with E-state index < -0.39 is 5.97 Å². The zero-order valence-electron chi connectivity index (χ0n) is 10.8. The summed E-state index contributed by atoms with van der Waals surface area (Å²) in [4.78, 5) is 13.2. The van der Waals surface area contributed by atoms with E-state index in [1.54, 1.807) is 0 Å². The summed E-state index contributed by atoms with van der Waals surface area (Å²) in [5.74, 6) is -0.381. The maximum Gasteiger partial charge on any atom is 0.303 e. The molecule has 2 aliphatic heterocycles. The summed E-state index contributed by atoms with van der Waals surface area (Å²) in [6.45, 7) is 7.17. The monoisotopic (exact) mass is 241 g/mol. The predicted octanol–water partition coefficient (Wildman–Crippen LogP) is 1.74. The number of carboxylic acid groups (broad SMARTS) is 1. The van der Waals surface area contributed by atoms with Crippen LogP contribution in [0.3, 0.4) is 0 Å². The van der Waals surface area contributed by atoms with Gasteiger partial charge in [-0.3, -0.25) is 9.69 Å². The first-order chi connectivity index (χ1) is 7.97. The van der Waals surface area contributed by atoms with Crippen LogP contribution in [0.1, 0.15) is 39.5 Å². The minimum Gasteiger partial charge on any atom is -0.481 e. The second kappa shape index (κ2) is 4.94. The Bertz CT molecular complexity index is 284. The SMILES string of the molecule is CC1(C)CC(CC(=O)O)CN1CC1CCCO1. The average molecular weight is 241 g/mol. The van der Waals surface area contributed by atoms with Gasteiger partial charge >= 0.3 is 5.97 Å². The van der Waals surface area contributed by atoms with Crippen molar-refractivity contribution in [3.05, 3.63) is 0 Å². The molecule has 1 N–H and O–H groups in total. The second-order valence-electron chi connectivity index (χ2n) is 6.02. The van der Waals surface area contributed by atoms with Crippen molar-refractivity contribution in [2.75, 3.05) is 19.7 Å².